The van der Waals surface area contributed by atoms with E-state index < -0.39 is 0 Å². The van der Waals surface area contributed by atoms with Crippen LogP contribution in [0.15, 0.2) is 18.2 Å². The van der Waals surface area contributed by atoms with Gasteiger partial charge >= 0.3 is 0 Å². The predicted molar refractivity (Wildman–Crippen MR) is 77.7 cm³/mol. The molecule has 1 saturated heterocycles. The maximum atomic E-state index is 13.2. The number of fused-ring (bicyclic) bond motifs is 1. The minimum absolute atomic E-state index is 0.168. The first-order valence-electron chi connectivity index (χ1n) is 7.66. The highest BCUT2D eigenvalue weighted by Crippen LogP contribution is 2.30. The topological polar surface area (TPSA) is 24.5 Å². The Morgan fingerprint density at radius 3 is 2.90 bits per heavy atom. The van der Waals surface area contributed by atoms with Crippen LogP contribution < -0.4 is 10.1 Å². The third kappa shape index (κ3) is 2.96. The molecule has 4 heteroatoms. The Bertz CT molecular complexity index is 460. The Balaban J connectivity index is 1.60. The first-order valence-corrected chi connectivity index (χ1v) is 7.66. The molecule has 1 N–H and O–H groups in total. The normalized spacial score (nSPS) is 22.9. The molecule has 2 heterocycles. The van der Waals surface area contributed by atoms with E-state index in [-0.39, 0.29) is 11.9 Å². The van der Waals surface area contributed by atoms with Gasteiger partial charge in [0.15, 0.2) is 0 Å². The van der Waals surface area contributed by atoms with Crippen LogP contribution in [0.3, 0.4) is 0 Å². The van der Waals surface area contributed by atoms with E-state index in [4.69, 9.17) is 4.74 Å². The number of halogens is 1. The number of benzene rings is 1. The number of ether oxygens (including phenoxy) is 1. The monoisotopic (exact) mass is 278 g/mol. The number of nitrogens with one attached hydrogen (secondary N) is 1. The number of hydrogen-bond donors (Lipinski definition) is 1. The van der Waals surface area contributed by atoms with E-state index in [0.717, 1.165) is 43.9 Å². The number of hydrogen-bond acceptors (Lipinski definition) is 3. The highest BCUT2D eigenvalue weighted by atomic mass is 19.1. The first kappa shape index (κ1) is 13.8. The molecule has 3 rings (SSSR count). The third-order valence-corrected chi connectivity index (χ3v) is 4.43. The molecule has 0 radical (unpaired) electrons. The smallest absolute Gasteiger partial charge is 0.123 e. The molecule has 2 aliphatic heterocycles. The van der Waals surface area contributed by atoms with Crippen LogP contribution in [0.2, 0.25) is 0 Å². The van der Waals surface area contributed by atoms with E-state index in [9.17, 15) is 4.39 Å². The molecule has 1 aromatic carbocycles. The third-order valence-electron chi connectivity index (χ3n) is 4.43. The van der Waals surface area contributed by atoms with Crippen LogP contribution in [0.4, 0.5) is 4.39 Å². The van der Waals surface area contributed by atoms with Crippen molar-refractivity contribution >= 4 is 0 Å². The van der Waals surface area contributed by atoms with Crippen LogP contribution in [0.25, 0.3) is 0 Å². The molecule has 3 nitrogen and oxygen atoms in total. The van der Waals surface area contributed by atoms with Crippen LogP contribution in [-0.4, -0.2) is 43.2 Å². The molecule has 0 aromatic heterocycles. The van der Waals surface area contributed by atoms with Crippen molar-refractivity contribution in [3.05, 3.63) is 29.6 Å². The summed E-state index contributed by atoms with van der Waals surface area (Å²) < 4.78 is 19.2. The summed E-state index contributed by atoms with van der Waals surface area (Å²) in [6.45, 7) is 6.42. The number of rotatable bonds is 4. The molecule has 1 aromatic rings. The summed E-state index contributed by atoms with van der Waals surface area (Å²) in [5.74, 6) is 0.691. The molecule has 0 amide bonds. The molecule has 0 spiro atoms. The predicted octanol–water partition coefficient (Wildman–Crippen LogP) is 2.20. The lowest BCUT2D eigenvalue weighted by Crippen LogP contribution is -2.46. The molecule has 2 aliphatic rings. The van der Waals surface area contributed by atoms with Gasteiger partial charge in [0.05, 0.1) is 0 Å². The summed E-state index contributed by atoms with van der Waals surface area (Å²) in [5.41, 5.74) is 1.01. The number of piperidine rings is 1. The highest BCUT2D eigenvalue weighted by molar-refractivity contribution is 5.37. The van der Waals surface area contributed by atoms with Gasteiger partial charge in [-0.2, -0.15) is 0 Å². The van der Waals surface area contributed by atoms with Crippen molar-refractivity contribution in [2.75, 3.05) is 26.2 Å². The lowest BCUT2D eigenvalue weighted by atomic mass is 10.0. The van der Waals surface area contributed by atoms with E-state index >= 15 is 0 Å². The average Bonchev–Trinajstić information content (AvgIpc) is 2.87. The Morgan fingerprint density at radius 1 is 1.35 bits per heavy atom. The van der Waals surface area contributed by atoms with Gasteiger partial charge in [-0.05, 0) is 50.7 Å². The van der Waals surface area contributed by atoms with E-state index in [0.29, 0.717) is 6.04 Å². The molecule has 1 unspecified atom stereocenters. The van der Waals surface area contributed by atoms with E-state index in [1.807, 2.05) is 0 Å². The van der Waals surface area contributed by atoms with Gasteiger partial charge in [-0.25, -0.2) is 4.39 Å². The molecule has 0 bridgehead atoms. The maximum absolute atomic E-state index is 13.2. The zero-order valence-electron chi connectivity index (χ0n) is 12.1. The summed E-state index contributed by atoms with van der Waals surface area (Å²) >= 11 is 0. The molecule has 110 valence electrons. The van der Waals surface area contributed by atoms with Crippen molar-refractivity contribution in [3.63, 3.8) is 0 Å². The second kappa shape index (κ2) is 6.10. The Labute approximate surface area is 120 Å². The summed E-state index contributed by atoms with van der Waals surface area (Å²) in [5, 5.41) is 3.41. The summed E-state index contributed by atoms with van der Waals surface area (Å²) in [4.78, 5) is 2.52. The number of nitrogens with zero attached hydrogens (tertiary/aromatic N) is 1. The SMILES string of the molecule is CCN(CC1Cc2cc(F)ccc2O1)C1CCNCC1. The van der Waals surface area contributed by atoms with Crippen LogP contribution in [0, 0.1) is 5.82 Å². The van der Waals surface area contributed by atoms with Gasteiger partial charge in [0.25, 0.3) is 0 Å². The van der Waals surface area contributed by atoms with Crippen molar-refractivity contribution in [3.8, 4) is 5.75 Å². The molecular formula is C16H23FN2O. The Morgan fingerprint density at radius 2 is 2.15 bits per heavy atom. The van der Waals surface area contributed by atoms with Gasteiger partial charge in [-0.3, -0.25) is 4.90 Å². The Kier molecular flexibility index (Phi) is 4.22. The van der Waals surface area contributed by atoms with Crippen LogP contribution >= 0.6 is 0 Å². The van der Waals surface area contributed by atoms with Crippen molar-refractivity contribution in [1.29, 1.82) is 0 Å². The van der Waals surface area contributed by atoms with Gasteiger partial charge in [0, 0.05) is 24.6 Å². The van der Waals surface area contributed by atoms with Crippen molar-refractivity contribution in [2.24, 2.45) is 0 Å². The zero-order chi connectivity index (χ0) is 13.9. The zero-order valence-corrected chi connectivity index (χ0v) is 12.1. The van der Waals surface area contributed by atoms with E-state index in [2.05, 4.69) is 17.1 Å². The van der Waals surface area contributed by atoms with Gasteiger partial charge in [-0.15, -0.1) is 0 Å². The van der Waals surface area contributed by atoms with Crippen LogP contribution in [0.5, 0.6) is 5.75 Å². The van der Waals surface area contributed by atoms with Gasteiger partial charge in [0.2, 0.25) is 0 Å². The lowest BCUT2D eigenvalue weighted by Gasteiger charge is -2.35. The fourth-order valence-corrected chi connectivity index (χ4v) is 3.36. The first-order chi connectivity index (χ1) is 9.76. The van der Waals surface area contributed by atoms with Crippen molar-refractivity contribution in [2.45, 2.75) is 38.3 Å². The van der Waals surface area contributed by atoms with Gasteiger partial charge in [-0.1, -0.05) is 6.92 Å². The maximum Gasteiger partial charge on any atom is 0.123 e. The Hall–Kier alpha value is -1.13. The molecule has 0 aliphatic carbocycles. The van der Waals surface area contributed by atoms with Crippen LogP contribution in [0.1, 0.15) is 25.3 Å². The molecule has 20 heavy (non-hydrogen) atoms. The fourth-order valence-electron chi connectivity index (χ4n) is 3.36. The molecule has 1 fully saturated rings. The quantitative estimate of drug-likeness (QED) is 0.914. The van der Waals surface area contributed by atoms with Gasteiger partial charge in [0.1, 0.15) is 17.7 Å². The molecular weight excluding hydrogens is 255 g/mol. The van der Waals surface area contributed by atoms with Crippen LogP contribution in [-0.2, 0) is 6.42 Å². The van der Waals surface area contributed by atoms with Crippen molar-refractivity contribution < 1.29 is 9.13 Å². The lowest BCUT2D eigenvalue weighted by molar-refractivity contribution is 0.105. The fraction of sp³-hybridized carbons (Fsp3) is 0.625. The second-order valence-electron chi connectivity index (χ2n) is 5.76. The van der Waals surface area contributed by atoms with Crippen molar-refractivity contribution in [1.82, 2.24) is 10.2 Å². The number of likely N-dealkylation sites (N-methyl/N-ethyl adjacent to an activating group) is 1. The summed E-state index contributed by atoms with van der Waals surface area (Å²) in [6, 6.07) is 5.50. The minimum Gasteiger partial charge on any atom is -0.488 e. The van der Waals surface area contributed by atoms with E-state index in [1.165, 1.54) is 18.9 Å². The second-order valence-corrected chi connectivity index (χ2v) is 5.76. The van der Waals surface area contributed by atoms with Gasteiger partial charge < -0.3 is 10.1 Å². The highest BCUT2D eigenvalue weighted by Gasteiger charge is 2.28. The average molecular weight is 278 g/mol. The molecule has 1 atom stereocenters. The molecule has 0 saturated carbocycles. The summed E-state index contributed by atoms with van der Waals surface area (Å²) in [7, 11) is 0. The minimum atomic E-state index is -0.168. The largest absolute Gasteiger partial charge is 0.488 e. The standard InChI is InChI=1S/C16H23FN2O/c1-2-19(14-5-7-18-8-6-14)11-15-10-12-9-13(17)3-4-16(12)20-15/h3-4,9,14-15,18H,2,5-8,10-11H2,1H3. The summed E-state index contributed by atoms with van der Waals surface area (Å²) in [6.07, 6.45) is 3.42. The van der Waals surface area contributed by atoms with E-state index in [1.54, 1.807) is 12.1 Å².